The van der Waals surface area contributed by atoms with Gasteiger partial charge < -0.3 is 0 Å². The zero-order valence-electron chi connectivity index (χ0n) is 8.64. The molecular formula is C14H11ClO. The summed E-state index contributed by atoms with van der Waals surface area (Å²) in [6.07, 6.45) is 4.49. The second kappa shape index (κ2) is 4.11. The van der Waals surface area contributed by atoms with E-state index in [1.807, 2.05) is 36.4 Å². The summed E-state index contributed by atoms with van der Waals surface area (Å²) in [5.41, 5.74) is 1.90. The molecule has 0 fully saturated rings. The third-order valence-electron chi connectivity index (χ3n) is 2.82. The summed E-state index contributed by atoms with van der Waals surface area (Å²) in [7, 11) is 0. The number of rotatable bonds is 0. The Bertz CT molecular complexity index is 584. The third-order valence-corrected chi connectivity index (χ3v) is 2.82. The Kier molecular flexibility index (Phi) is 2.80. The first kappa shape index (κ1) is 10.9. The van der Waals surface area contributed by atoms with Gasteiger partial charge in [0.15, 0.2) is 5.78 Å². The quantitative estimate of drug-likeness (QED) is 0.672. The van der Waals surface area contributed by atoms with Gasteiger partial charge in [0.2, 0.25) is 0 Å². The van der Waals surface area contributed by atoms with Crippen LogP contribution in [0.4, 0.5) is 0 Å². The largest absolute Gasteiger partial charge is 0.294 e. The highest BCUT2D eigenvalue weighted by molar-refractivity contribution is 6.06. The van der Waals surface area contributed by atoms with Gasteiger partial charge in [0.05, 0.1) is 0 Å². The van der Waals surface area contributed by atoms with E-state index in [1.54, 1.807) is 0 Å². The fraction of sp³-hybridized carbons (Fsp3) is 0.0714. The molecule has 1 aliphatic rings. The molecule has 1 nitrogen and oxygen atoms in total. The highest BCUT2D eigenvalue weighted by Crippen LogP contribution is 2.25. The number of carbonyl (C=O) groups is 1. The molecule has 0 aliphatic heterocycles. The number of hydrogen-bond donors (Lipinski definition) is 0. The topological polar surface area (TPSA) is 17.1 Å². The minimum Gasteiger partial charge on any atom is -0.294 e. The minimum absolute atomic E-state index is 0. The number of hydrogen-bond acceptors (Lipinski definition) is 1. The summed E-state index contributed by atoms with van der Waals surface area (Å²) in [6.45, 7) is 0. The molecule has 0 atom stereocenters. The molecule has 80 valence electrons. The molecule has 0 spiro atoms. The van der Waals surface area contributed by atoms with Gasteiger partial charge in [-0.25, -0.2) is 0 Å². The molecule has 0 saturated heterocycles. The van der Waals surface area contributed by atoms with Crippen LogP contribution in [0.3, 0.4) is 0 Å². The maximum absolute atomic E-state index is 11.7. The number of fused-ring (bicyclic) bond motifs is 2. The molecule has 0 saturated carbocycles. The number of allylic oxidation sites excluding steroid dienone is 1. The van der Waals surface area contributed by atoms with Gasteiger partial charge in [-0.3, -0.25) is 4.79 Å². The number of ketones is 1. The van der Waals surface area contributed by atoms with Gasteiger partial charge in [0.25, 0.3) is 0 Å². The fourth-order valence-corrected chi connectivity index (χ4v) is 2.04. The zero-order chi connectivity index (χ0) is 10.3. The standard InChI is InChI=1S/C14H10O.ClH/c15-14-7-3-6-12-8-10-4-1-2-5-11(10)9-13(12)14;/h1-6,8-9H,7H2;1H. The average Bonchev–Trinajstić information content (AvgIpc) is 2.27. The highest BCUT2D eigenvalue weighted by atomic mass is 35.5. The van der Waals surface area contributed by atoms with Crippen LogP contribution in [0.2, 0.25) is 0 Å². The number of benzene rings is 2. The molecule has 0 amide bonds. The lowest BCUT2D eigenvalue weighted by molar-refractivity contribution is 0.0994. The Hall–Kier alpha value is -1.60. The highest BCUT2D eigenvalue weighted by Gasteiger charge is 2.13. The molecule has 0 radical (unpaired) electrons. The van der Waals surface area contributed by atoms with Crippen molar-refractivity contribution in [2.24, 2.45) is 0 Å². The predicted octanol–water partition coefficient (Wildman–Crippen LogP) is 3.86. The van der Waals surface area contributed by atoms with E-state index in [0.717, 1.165) is 16.5 Å². The molecule has 0 aromatic heterocycles. The molecule has 0 unspecified atom stereocenters. The summed E-state index contributed by atoms with van der Waals surface area (Å²) in [4.78, 5) is 11.7. The van der Waals surface area contributed by atoms with E-state index in [1.165, 1.54) is 5.39 Å². The van der Waals surface area contributed by atoms with Crippen LogP contribution in [0.1, 0.15) is 22.3 Å². The molecule has 0 N–H and O–H groups in total. The zero-order valence-corrected chi connectivity index (χ0v) is 9.46. The van der Waals surface area contributed by atoms with Crippen molar-refractivity contribution < 1.29 is 4.79 Å². The Morgan fingerprint density at radius 1 is 1.00 bits per heavy atom. The van der Waals surface area contributed by atoms with Gasteiger partial charge in [-0.1, -0.05) is 36.4 Å². The van der Waals surface area contributed by atoms with Crippen molar-refractivity contribution in [1.29, 1.82) is 0 Å². The molecule has 3 rings (SSSR count). The van der Waals surface area contributed by atoms with Gasteiger partial charge in [-0.05, 0) is 28.5 Å². The summed E-state index contributed by atoms with van der Waals surface area (Å²) < 4.78 is 0. The van der Waals surface area contributed by atoms with E-state index < -0.39 is 0 Å². The summed E-state index contributed by atoms with van der Waals surface area (Å²) in [5.74, 6) is 0.221. The average molecular weight is 231 g/mol. The van der Waals surface area contributed by atoms with Crippen molar-refractivity contribution in [2.45, 2.75) is 6.42 Å². The van der Waals surface area contributed by atoms with Gasteiger partial charge in [-0.15, -0.1) is 12.4 Å². The molecular weight excluding hydrogens is 220 g/mol. The lowest BCUT2D eigenvalue weighted by Crippen LogP contribution is -2.03. The van der Waals surface area contributed by atoms with Crippen LogP contribution in [-0.4, -0.2) is 5.78 Å². The van der Waals surface area contributed by atoms with Crippen molar-refractivity contribution in [3.05, 3.63) is 53.6 Å². The molecule has 16 heavy (non-hydrogen) atoms. The van der Waals surface area contributed by atoms with Crippen LogP contribution in [0.5, 0.6) is 0 Å². The van der Waals surface area contributed by atoms with Gasteiger partial charge >= 0.3 is 0 Å². The first-order chi connectivity index (χ1) is 7.34. The Morgan fingerprint density at radius 3 is 2.44 bits per heavy atom. The van der Waals surface area contributed by atoms with E-state index in [-0.39, 0.29) is 18.2 Å². The first-order valence-corrected chi connectivity index (χ1v) is 5.07. The molecule has 1 aliphatic carbocycles. The Balaban J connectivity index is 0.000000963. The van der Waals surface area contributed by atoms with Crippen LogP contribution in [-0.2, 0) is 0 Å². The van der Waals surface area contributed by atoms with Crippen LogP contribution in [0.15, 0.2) is 42.5 Å². The van der Waals surface area contributed by atoms with Crippen LogP contribution in [0.25, 0.3) is 16.8 Å². The molecule has 0 bridgehead atoms. The van der Waals surface area contributed by atoms with Gasteiger partial charge in [-0.2, -0.15) is 0 Å². The van der Waals surface area contributed by atoms with Crippen LogP contribution >= 0.6 is 12.4 Å². The molecule has 0 heterocycles. The van der Waals surface area contributed by atoms with Crippen LogP contribution < -0.4 is 0 Å². The van der Waals surface area contributed by atoms with Gasteiger partial charge in [0.1, 0.15) is 0 Å². The van der Waals surface area contributed by atoms with E-state index in [4.69, 9.17) is 0 Å². The van der Waals surface area contributed by atoms with Crippen molar-refractivity contribution in [3.63, 3.8) is 0 Å². The maximum atomic E-state index is 11.7. The number of carbonyl (C=O) groups excluding carboxylic acids is 1. The monoisotopic (exact) mass is 230 g/mol. The first-order valence-electron chi connectivity index (χ1n) is 5.07. The van der Waals surface area contributed by atoms with E-state index in [0.29, 0.717) is 6.42 Å². The number of Topliss-reactive ketones (excluding diaryl/α,β-unsaturated/α-hetero) is 1. The normalized spacial score (nSPS) is 13.4. The van der Waals surface area contributed by atoms with Crippen molar-refractivity contribution in [2.75, 3.05) is 0 Å². The smallest absolute Gasteiger partial charge is 0.167 e. The lowest BCUT2D eigenvalue weighted by atomic mass is 9.93. The predicted molar refractivity (Wildman–Crippen MR) is 69.2 cm³/mol. The minimum atomic E-state index is 0. The Morgan fingerprint density at radius 2 is 1.69 bits per heavy atom. The fourth-order valence-electron chi connectivity index (χ4n) is 2.04. The lowest BCUT2D eigenvalue weighted by Gasteiger charge is -2.10. The van der Waals surface area contributed by atoms with E-state index in [9.17, 15) is 4.79 Å². The van der Waals surface area contributed by atoms with Crippen molar-refractivity contribution in [1.82, 2.24) is 0 Å². The number of halogens is 1. The van der Waals surface area contributed by atoms with E-state index in [2.05, 4.69) is 12.1 Å². The van der Waals surface area contributed by atoms with Crippen molar-refractivity contribution in [3.8, 4) is 0 Å². The van der Waals surface area contributed by atoms with Gasteiger partial charge in [0, 0.05) is 12.0 Å². The molecule has 2 aromatic carbocycles. The molecule has 2 aromatic rings. The summed E-state index contributed by atoms with van der Waals surface area (Å²) >= 11 is 0. The maximum Gasteiger partial charge on any atom is 0.167 e. The second-order valence-electron chi connectivity index (χ2n) is 3.82. The summed E-state index contributed by atoms with van der Waals surface area (Å²) in [6, 6.07) is 12.2. The SMILES string of the molecule is Cl.O=C1CC=Cc2cc3ccccc3cc21. The summed E-state index contributed by atoms with van der Waals surface area (Å²) in [5, 5.41) is 2.33. The second-order valence-corrected chi connectivity index (χ2v) is 3.82. The molecule has 2 heteroatoms. The van der Waals surface area contributed by atoms with E-state index >= 15 is 0 Å². The third kappa shape index (κ3) is 1.63. The van der Waals surface area contributed by atoms with Crippen molar-refractivity contribution >= 4 is 35.0 Å². The van der Waals surface area contributed by atoms with Crippen LogP contribution in [0, 0.1) is 0 Å². The Labute approximate surface area is 100 Å².